The smallest absolute Gasteiger partial charge is 0.339 e. The summed E-state index contributed by atoms with van der Waals surface area (Å²) in [5.41, 5.74) is 6.70. The Hall–Kier alpha value is -3.08. The van der Waals surface area contributed by atoms with Gasteiger partial charge < -0.3 is 15.6 Å². The monoisotopic (exact) mass is 280 g/mol. The number of carboxylic acids is 1. The van der Waals surface area contributed by atoms with Gasteiger partial charge in [0.15, 0.2) is 0 Å². The first kappa shape index (κ1) is 12.9. The Morgan fingerprint density at radius 3 is 2.57 bits per heavy atom. The molecule has 0 fully saturated rings. The van der Waals surface area contributed by atoms with Crippen molar-refractivity contribution in [3.63, 3.8) is 0 Å². The molecule has 104 valence electrons. The molecule has 0 saturated heterocycles. The van der Waals surface area contributed by atoms with Crippen LogP contribution in [0.25, 0.3) is 10.9 Å². The van der Waals surface area contributed by atoms with Crippen LogP contribution in [0.3, 0.4) is 0 Å². The zero-order valence-corrected chi connectivity index (χ0v) is 11.0. The SMILES string of the molecule is Nc1c(C(=O)O)cnc2ccc(Oc3ccccc3)cc12. The molecule has 5 heteroatoms. The number of hydrogen-bond acceptors (Lipinski definition) is 4. The highest BCUT2D eigenvalue weighted by Gasteiger charge is 2.12. The van der Waals surface area contributed by atoms with Crippen LogP contribution in [-0.2, 0) is 0 Å². The van der Waals surface area contributed by atoms with Crippen LogP contribution in [0.1, 0.15) is 10.4 Å². The zero-order valence-electron chi connectivity index (χ0n) is 11.0. The Balaban J connectivity index is 2.06. The molecule has 0 aliphatic heterocycles. The summed E-state index contributed by atoms with van der Waals surface area (Å²) in [6.45, 7) is 0. The molecular weight excluding hydrogens is 268 g/mol. The summed E-state index contributed by atoms with van der Waals surface area (Å²) < 4.78 is 5.71. The number of nitrogens with two attached hydrogens (primary N) is 1. The van der Waals surface area contributed by atoms with Gasteiger partial charge in [-0.05, 0) is 30.3 Å². The lowest BCUT2D eigenvalue weighted by molar-refractivity contribution is 0.0698. The molecule has 0 unspecified atom stereocenters. The van der Waals surface area contributed by atoms with E-state index in [0.717, 1.165) is 0 Å². The van der Waals surface area contributed by atoms with E-state index >= 15 is 0 Å². The van der Waals surface area contributed by atoms with Gasteiger partial charge in [0.1, 0.15) is 17.1 Å². The second-order valence-corrected chi connectivity index (χ2v) is 4.48. The highest BCUT2D eigenvalue weighted by atomic mass is 16.5. The van der Waals surface area contributed by atoms with E-state index in [9.17, 15) is 4.79 Å². The third-order valence-corrected chi connectivity index (χ3v) is 3.09. The number of anilines is 1. The summed E-state index contributed by atoms with van der Waals surface area (Å²) in [6, 6.07) is 14.5. The summed E-state index contributed by atoms with van der Waals surface area (Å²) in [5.74, 6) is 0.166. The van der Waals surface area contributed by atoms with E-state index in [0.29, 0.717) is 22.4 Å². The fourth-order valence-electron chi connectivity index (χ4n) is 2.05. The van der Waals surface area contributed by atoms with E-state index in [2.05, 4.69) is 4.98 Å². The first-order chi connectivity index (χ1) is 10.1. The Labute approximate surface area is 120 Å². The number of hydrogen-bond donors (Lipinski definition) is 2. The Morgan fingerprint density at radius 1 is 1.10 bits per heavy atom. The minimum atomic E-state index is -1.10. The fraction of sp³-hybridized carbons (Fsp3) is 0. The molecule has 0 amide bonds. The van der Waals surface area contributed by atoms with Gasteiger partial charge in [0.25, 0.3) is 0 Å². The van der Waals surface area contributed by atoms with Crippen LogP contribution < -0.4 is 10.5 Å². The van der Waals surface area contributed by atoms with Crippen molar-refractivity contribution in [1.29, 1.82) is 0 Å². The summed E-state index contributed by atoms with van der Waals surface area (Å²) >= 11 is 0. The van der Waals surface area contributed by atoms with Crippen molar-refractivity contribution >= 4 is 22.6 Å². The molecule has 21 heavy (non-hydrogen) atoms. The number of nitrogen functional groups attached to an aromatic ring is 1. The van der Waals surface area contributed by atoms with E-state index in [-0.39, 0.29) is 11.3 Å². The normalized spacial score (nSPS) is 10.5. The van der Waals surface area contributed by atoms with E-state index in [1.807, 2.05) is 30.3 Å². The lowest BCUT2D eigenvalue weighted by Crippen LogP contribution is -2.04. The minimum Gasteiger partial charge on any atom is -0.478 e. The average Bonchev–Trinajstić information content (AvgIpc) is 2.49. The number of aromatic nitrogens is 1. The molecule has 1 heterocycles. The number of ether oxygens (including phenoxy) is 1. The highest BCUT2D eigenvalue weighted by Crippen LogP contribution is 2.29. The van der Waals surface area contributed by atoms with E-state index in [1.54, 1.807) is 18.2 Å². The molecule has 2 aromatic carbocycles. The molecule has 0 atom stereocenters. The van der Waals surface area contributed by atoms with Gasteiger partial charge in [0.2, 0.25) is 0 Å². The molecule has 0 radical (unpaired) electrons. The molecule has 5 nitrogen and oxygen atoms in total. The van der Waals surface area contributed by atoms with Crippen LogP contribution in [0.15, 0.2) is 54.7 Å². The first-order valence-corrected chi connectivity index (χ1v) is 6.29. The molecule has 0 aliphatic carbocycles. The number of pyridine rings is 1. The van der Waals surface area contributed by atoms with Crippen LogP contribution in [-0.4, -0.2) is 16.1 Å². The number of para-hydroxylation sites is 1. The topological polar surface area (TPSA) is 85.4 Å². The summed E-state index contributed by atoms with van der Waals surface area (Å²) in [4.78, 5) is 15.2. The molecule has 0 aliphatic rings. The largest absolute Gasteiger partial charge is 0.478 e. The number of fused-ring (bicyclic) bond motifs is 1. The lowest BCUT2D eigenvalue weighted by atomic mass is 10.1. The summed E-state index contributed by atoms with van der Waals surface area (Å²) in [5, 5.41) is 9.64. The van der Waals surface area contributed by atoms with Crippen molar-refractivity contribution in [3.05, 3.63) is 60.3 Å². The van der Waals surface area contributed by atoms with E-state index in [4.69, 9.17) is 15.6 Å². The fourth-order valence-corrected chi connectivity index (χ4v) is 2.05. The van der Waals surface area contributed by atoms with Crippen LogP contribution in [0.2, 0.25) is 0 Å². The Morgan fingerprint density at radius 2 is 1.86 bits per heavy atom. The van der Waals surface area contributed by atoms with Crippen molar-refractivity contribution < 1.29 is 14.6 Å². The van der Waals surface area contributed by atoms with Gasteiger partial charge in [0.05, 0.1) is 11.2 Å². The second-order valence-electron chi connectivity index (χ2n) is 4.48. The summed E-state index contributed by atoms with van der Waals surface area (Å²) in [7, 11) is 0. The van der Waals surface area contributed by atoms with Crippen molar-refractivity contribution in [2.45, 2.75) is 0 Å². The van der Waals surface area contributed by atoms with Gasteiger partial charge in [-0.1, -0.05) is 18.2 Å². The maximum Gasteiger partial charge on any atom is 0.339 e. The maximum absolute atomic E-state index is 11.1. The summed E-state index contributed by atoms with van der Waals surface area (Å²) in [6.07, 6.45) is 1.26. The maximum atomic E-state index is 11.1. The van der Waals surface area contributed by atoms with E-state index < -0.39 is 5.97 Å². The van der Waals surface area contributed by atoms with Crippen LogP contribution in [0, 0.1) is 0 Å². The van der Waals surface area contributed by atoms with Crippen molar-refractivity contribution in [3.8, 4) is 11.5 Å². The molecule has 3 aromatic rings. The molecular formula is C16H12N2O3. The molecule has 1 aromatic heterocycles. The van der Waals surface area contributed by atoms with Crippen molar-refractivity contribution in [1.82, 2.24) is 4.98 Å². The predicted octanol–water partition coefficient (Wildman–Crippen LogP) is 3.31. The third-order valence-electron chi connectivity index (χ3n) is 3.09. The van der Waals surface area contributed by atoms with Crippen LogP contribution in [0.5, 0.6) is 11.5 Å². The number of rotatable bonds is 3. The zero-order chi connectivity index (χ0) is 14.8. The van der Waals surface area contributed by atoms with Gasteiger partial charge in [-0.3, -0.25) is 4.98 Å². The molecule has 3 rings (SSSR count). The van der Waals surface area contributed by atoms with Crippen molar-refractivity contribution in [2.75, 3.05) is 5.73 Å². The lowest BCUT2D eigenvalue weighted by Gasteiger charge is -2.09. The second kappa shape index (κ2) is 5.13. The number of nitrogens with zero attached hydrogens (tertiary/aromatic N) is 1. The number of benzene rings is 2. The van der Waals surface area contributed by atoms with Gasteiger partial charge in [0, 0.05) is 11.6 Å². The number of carbonyl (C=O) groups is 1. The first-order valence-electron chi connectivity index (χ1n) is 6.29. The van der Waals surface area contributed by atoms with Crippen LogP contribution in [0.4, 0.5) is 5.69 Å². The number of carboxylic acid groups (broad SMARTS) is 1. The van der Waals surface area contributed by atoms with Gasteiger partial charge in [-0.2, -0.15) is 0 Å². The van der Waals surface area contributed by atoms with Gasteiger partial charge >= 0.3 is 5.97 Å². The van der Waals surface area contributed by atoms with E-state index in [1.165, 1.54) is 6.20 Å². The Bertz CT molecular complexity index is 816. The minimum absolute atomic E-state index is 0.0145. The van der Waals surface area contributed by atoms with Gasteiger partial charge in [-0.25, -0.2) is 4.79 Å². The van der Waals surface area contributed by atoms with Gasteiger partial charge in [-0.15, -0.1) is 0 Å². The molecule has 0 saturated carbocycles. The third kappa shape index (κ3) is 2.49. The standard InChI is InChI=1S/C16H12N2O3/c17-15-12-8-11(21-10-4-2-1-3-5-10)6-7-14(12)18-9-13(15)16(19)20/h1-9H,(H2,17,18)(H,19,20). The van der Waals surface area contributed by atoms with Crippen molar-refractivity contribution in [2.24, 2.45) is 0 Å². The molecule has 0 spiro atoms. The molecule has 3 N–H and O–H groups in total. The molecule has 0 bridgehead atoms. The quantitative estimate of drug-likeness (QED) is 0.768. The number of aromatic carboxylic acids is 1. The Kier molecular flexibility index (Phi) is 3.16. The van der Waals surface area contributed by atoms with Crippen LogP contribution >= 0.6 is 0 Å². The highest BCUT2D eigenvalue weighted by molar-refractivity contribution is 6.03. The predicted molar refractivity (Wildman–Crippen MR) is 79.6 cm³/mol. The average molecular weight is 280 g/mol.